The fraction of sp³-hybridized carbons (Fsp3) is 0.318. The Balaban J connectivity index is 1.80. The van der Waals surface area contributed by atoms with Crippen molar-refractivity contribution in [1.82, 2.24) is 19.4 Å². The van der Waals surface area contributed by atoms with Gasteiger partial charge in [-0.15, -0.1) is 0 Å². The summed E-state index contributed by atoms with van der Waals surface area (Å²) in [5, 5.41) is 0. The largest absolute Gasteiger partial charge is 0.328 e. The number of para-hydroxylation sites is 2. The molecule has 2 aromatic carbocycles. The number of imide groups is 1. The van der Waals surface area contributed by atoms with E-state index in [-0.39, 0.29) is 17.8 Å². The first-order valence-electron chi connectivity index (χ1n) is 9.65. The number of likely N-dealkylation sites (N-methyl/N-ethyl adjacent to an activating group) is 1. The van der Waals surface area contributed by atoms with E-state index in [4.69, 9.17) is 0 Å². The Morgan fingerprint density at radius 3 is 2.41 bits per heavy atom. The van der Waals surface area contributed by atoms with Crippen LogP contribution in [-0.2, 0) is 11.3 Å². The minimum atomic E-state index is -0.929. The summed E-state index contributed by atoms with van der Waals surface area (Å²) in [5.74, 6) is -0.627. The van der Waals surface area contributed by atoms with Gasteiger partial charge in [-0.2, -0.15) is 0 Å². The van der Waals surface area contributed by atoms with Crippen molar-refractivity contribution in [1.29, 1.82) is 0 Å². The first-order valence-corrected chi connectivity index (χ1v) is 9.65. The van der Waals surface area contributed by atoms with Crippen LogP contribution in [0.4, 0.5) is 9.18 Å². The molecule has 0 saturated carbocycles. The average Bonchev–Trinajstić information content (AvgIpc) is 3.18. The molecule has 1 saturated heterocycles. The van der Waals surface area contributed by atoms with Crippen LogP contribution in [0.25, 0.3) is 11.0 Å². The molecule has 1 atom stereocenters. The highest BCUT2D eigenvalue weighted by molar-refractivity contribution is 6.06. The van der Waals surface area contributed by atoms with Gasteiger partial charge in [0.15, 0.2) is 0 Å². The van der Waals surface area contributed by atoms with Gasteiger partial charge in [0, 0.05) is 13.1 Å². The third-order valence-corrected chi connectivity index (χ3v) is 5.63. The van der Waals surface area contributed by atoms with E-state index < -0.39 is 11.6 Å². The van der Waals surface area contributed by atoms with Crippen LogP contribution in [0.3, 0.4) is 0 Å². The molecule has 3 aromatic rings. The lowest BCUT2D eigenvalue weighted by atomic mass is 10.0. The molecule has 1 aliphatic heterocycles. The van der Waals surface area contributed by atoms with Gasteiger partial charge >= 0.3 is 6.03 Å². The maximum Gasteiger partial charge on any atom is 0.328 e. The molecule has 0 bridgehead atoms. The Kier molecular flexibility index (Phi) is 4.61. The van der Waals surface area contributed by atoms with Crippen molar-refractivity contribution in [2.75, 3.05) is 6.54 Å². The molecule has 7 heteroatoms. The van der Waals surface area contributed by atoms with E-state index in [2.05, 4.69) is 4.98 Å². The molecule has 1 aromatic heterocycles. The molecular formula is C22H23FN4O2. The van der Waals surface area contributed by atoms with Gasteiger partial charge < -0.3 is 9.47 Å². The molecule has 2 heterocycles. The van der Waals surface area contributed by atoms with Crippen molar-refractivity contribution in [3.63, 3.8) is 0 Å². The molecular weight excluding hydrogens is 371 g/mol. The molecule has 150 valence electrons. The predicted octanol–water partition coefficient (Wildman–Crippen LogP) is 3.98. The first kappa shape index (κ1) is 19.1. The van der Waals surface area contributed by atoms with Gasteiger partial charge in [0.2, 0.25) is 0 Å². The number of aromatic nitrogens is 2. The third-order valence-electron chi connectivity index (χ3n) is 5.63. The average molecular weight is 394 g/mol. The Labute approximate surface area is 168 Å². The minimum Gasteiger partial charge on any atom is -0.328 e. The Morgan fingerprint density at radius 2 is 1.76 bits per heavy atom. The fourth-order valence-electron chi connectivity index (χ4n) is 4.03. The molecule has 6 nitrogen and oxygen atoms in total. The molecule has 1 unspecified atom stereocenters. The number of nitrogens with zero attached hydrogens (tertiary/aromatic N) is 4. The van der Waals surface area contributed by atoms with E-state index >= 15 is 0 Å². The Hall–Kier alpha value is -3.22. The Bertz CT molecular complexity index is 1070. The molecule has 0 N–H and O–H groups in total. The molecule has 29 heavy (non-hydrogen) atoms. The van der Waals surface area contributed by atoms with Crippen molar-refractivity contribution in [2.45, 2.75) is 38.9 Å². The summed E-state index contributed by atoms with van der Waals surface area (Å²) in [4.78, 5) is 33.7. The van der Waals surface area contributed by atoms with Gasteiger partial charge in [0.25, 0.3) is 5.91 Å². The standard InChI is InChI=1S/C22H23FN4O2/c1-4-26-21(29)27(20(28)22(26,2)3)19(15-9-11-16(23)12-10-15)13-25-14-24-17-7-5-6-8-18(17)25/h5-12,14,19H,4,13H2,1-3H3. The van der Waals surface area contributed by atoms with Crippen LogP contribution in [-0.4, -0.2) is 43.4 Å². The van der Waals surface area contributed by atoms with Crippen LogP contribution in [0.1, 0.15) is 32.4 Å². The number of halogens is 1. The zero-order valence-electron chi connectivity index (χ0n) is 16.7. The summed E-state index contributed by atoms with van der Waals surface area (Å²) < 4.78 is 15.5. The summed E-state index contributed by atoms with van der Waals surface area (Å²) in [7, 11) is 0. The first-order chi connectivity index (χ1) is 13.8. The van der Waals surface area contributed by atoms with E-state index in [1.54, 1.807) is 37.2 Å². The third kappa shape index (κ3) is 3.06. The lowest BCUT2D eigenvalue weighted by Crippen LogP contribution is -2.44. The summed E-state index contributed by atoms with van der Waals surface area (Å²) >= 11 is 0. The maximum atomic E-state index is 13.5. The topological polar surface area (TPSA) is 58.4 Å². The molecule has 1 aliphatic rings. The van der Waals surface area contributed by atoms with Crippen molar-refractivity contribution in [2.24, 2.45) is 0 Å². The number of urea groups is 1. The number of rotatable bonds is 5. The van der Waals surface area contributed by atoms with E-state index in [0.29, 0.717) is 18.7 Å². The monoisotopic (exact) mass is 394 g/mol. The number of imidazole rings is 1. The van der Waals surface area contributed by atoms with Crippen LogP contribution in [0.15, 0.2) is 54.9 Å². The second-order valence-corrected chi connectivity index (χ2v) is 7.71. The highest BCUT2D eigenvalue weighted by Gasteiger charge is 2.53. The second-order valence-electron chi connectivity index (χ2n) is 7.71. The van der Waals surface area contributed by atoms with Crippen LogP contribution >= 0.6 is 0 Å². The molecule has 0 aliphatic carbocycles. The van der Waals surface area contributed by atoms with Crippen molar-refractivity contribution < 1.29 is 14.0 Å². The lowest BCUT2D eigenvalue weighted by Gasteiger charge is -2.27. The zero-order chi connectivity index (χ0) is 20.8. The highest BCUT2D eigenvalue weighted by atomic mass is 19.1. The van der Waals surface area contributed by atoms with Crippen LogP contribution in [0, 0.1) is 5.82 Å². The van der Waals surface area contributed by atoms with Crippen molar-refractivity contribution >= 4 is 23.0 Å². The lowest BCUT2D eigenvalue weighted by molar-refractivity contribution is -0.133. The van der Waals surface area contributed by atoms with Crippen molar-refractivity contribution in [3.05, 3.63) is 66.2 Å². The quantitative estimate of drug-likeness (QED) is 0.615. The number of fused-ring (bicyclic) bond motifs is 1. The second kappa shape index (κ2) is 6.99. The van der Waals surface area contributed by atoms with Gasteiger partial charge in [-0.1, -0.05) is 24.3 Å². The summed E-state index contributed by atoms with van der Waals surface area (Å²) in [6.45, 7) is 6.12. The predicted molar refractivity (Wildman–Crippen MR) is 108 cm³/mol. The van der Waals surface area contributed by atoms with Crippen LogP contribution < -0.4 is 0 Å². The van der Waals surface area contributed by atoms with Gasteiger partial charge in [-0.25, -0.2) is 14.2 Å². The van der Waals surface area contributed by atoms with Gasteiger partial charge in [0.05, 0.1) is 23.4 Å². The molecule has 0 spiro atoms. The van der Waals surface area contributed by atoms with Gasteiger partial charge in [0.1, 0.15) is 11.4 Å². The smallest absolute Gasteiger partial charge is 0.328 e. The van der Waals surface area contributed by atoms with E-state index in [1.165, 1.54) is 17.0 Å². The number of hydrogen-bond donors (Lipinski definition) is 0. The Morgan fingerprint density at radius 1 is 1.07 bits per heavy atom. The number of hydrogen-bond acceptors (Lipinski definition) is 3. The highest BCUT2D eigenvalue weighted by Crippen LogP contribution is 2.35. The summed E-state index contributed by atoms with van der Waals surface area (Å²) in [5.41, 5.74) is 1.51. The van der Waals surface area contributed by atoms with E-state index in [9.17, 15) is 14.0 Å². The van der Waals surface area contributed by atoms with Crippen LogP contribution in [0.5, 0.6) is 0 Å². The minimum absolute atomic E-state index is 0.261. The molecule has 1 fully saturated rings. The SMILES string of the molecule is CCN1C(=O)N(C(Cn2cnc3ccccc32)c2ccc(F)cc2)C(=O)C1(C)C. The molecule has 4 rings (SSSR count). The number of carbonyl (C=O) groups is 2. The molecule has 3 amide bonds. The van der Waals surface area contributed by atoms with Gasteiger partial charge in [-0.05, 0) is 50.6 Å². The number of benzene rings is 2. The summed E-state index contributed by atoms with van der Waals surface area (Å²) in [6.07, 6.45) is 1.70. The van der Waals surface area contributed by atoms with Gasteiger partial charge in [-0.3, -0.25) is 9.69 Å². The normalized spacial score (nSPS) is 17.4. The van der Waals surface area contributed by atoms with E-state index in [0.717, 1.165) is 11.0 Å². The number of carbonyl (C=O) groups excluding carboxylic acids is 2. The molecule has 0 radical (unpaired) electrons. The fourth-order valence-corrected chi connectivity index (χ4v) is 4.03. The number of amides is 3. The maximum absolute atomic E-state index is 13.5. The van der Waals surface area contributed by atoms with Crippen molar-refractivity contribution in [3.8, 4) is 0 Å². The zero-order valence-corrected chi connectivity index (χ0v) is 16.7. The summed E-state index contributed by atoms with van der Waals surface area (Å²) in [6, 6.07) is 12.7. The van der Waals surface area contributed by atoms with Crippen LogP contribution in [0.2, 0.25) is 0 Å². The van der Waals surface area contributed by atoms with E-state index in [1.807, 2.05) is 35.8 Å².